The lowest BCUT2D eigenvalue weighted by molar-refractivity contribution is -0.123. The Morgan fingerprint density at radius 3 is 3.08 bits per heavy atom. The molecule has 24 heavy (non-hydrogen) atoms. The Morgan fingerprint density at radius 1 is 1.42 bits per heavy atom. The van der Waals surface area contributed by atoms with Crippen molar-refractivity contribution in [3.63, 3.8) is 0 Å². The summed E-state index contributed by atoms with van der Waals surface area (Å²) >= 11 is 0. The third kappa shape index (κ3) is 3.73. The van der Waals surface area contributed by atoms with Gasteiger partial charge in [-0.3, -0.25) is 14.7 Å². The van der Waals surface area contributed by atoms with Crippen LogP contribution < -0.4 is 15.2 Å². The number of nitrogens with zero attached hydrogens (tertiary/aromatic N) is 3. The summed E-state index contributed by atoms with van der Waals surface area (Å²) in [7, 11) is 1.58. The molecule has 0 aliphatic carbocycles. The van der Waals surface area contributed by atoms with Gasteiger partial charge in [0.2, 0.25) is 11.8 Å². The van der Waals surface area contributed by atoms with Crippen molar-refractivity contribution in [2.75, 3.05) is 26.8 Å². The van der Waals surface area contributed by atoms with Crippen molar-refractivity contribution < 1.29 is 14.3 Å². The average Bonchev–Trinajstić information content (AvgIpc) is 2.61. The van der Waals surface area contributed by atoms with E-state index in [0.29, 0.717) is 31.2 Å². The van der Waals surface area contributed by atoms with Crippen LogP contribution in [0.5, 0.6) is 11.6 Å². The molecule has 0 aromatic carbocycles. The molecule has 0 saturated carbocycles. The molecule has 2 N–H and O–H groups in total. The number of carbonyl (C=O) groups excluding carboxylic acids is 1. The Morgan fingerprint density at radius 2 is 2.29 bits per heavy atom. The molecule has 7 heteroatoms. The first-order valence-electron chi connectivity index (χ1n) is 7.96. The van der Waals surface area contributed by atoms with Crippen LogP contribution in [-0.4, -0.2) is 53.6 Å². The smallest absolute Gasteiger partial charge is 0.234 e. The van der Waals surface area contributed by atoms with Gasteiger partial charge in [0.25, 0.3) is 0 Å². The van der Waals surface area contributed by atoms with E-state index < -0.39 is 0 Å². The van der Waals surface area contributed by atoms with E-state index in [1.54, 1.807) is 19.4 Å². The summed E-state index contributed by atoms with van der Waals surface area (Å²) in [6.45, 7) is 1.93. The van der Waals surface area contributed by atoms with Gasteiger partial charge in [-0.2, -0.15) is 0 Å². The second-order valence-corrected chi connectivity index (χ2v) is 5.68. The molecule has 1 amide bonds. The molecule has 1 saturated heterocycles. The largest absolute Gasteiger partial charge is 0.491 e. The van der Waals surface area contributed by atoms with E-state index in [0.717, 1.165) is 24.0 Å². The van der Waals surface area contributed by atoms with Crippen molar-refractivity contribution in [1.29, 1.82) is 0 Å². The summed E-state index contributed by atoms with van der Waals surface area (Å²) in [6.07, 6.45) is 5.45. The Balaban J connectivity index is 1.61. The van der Waals surface area contributed by atoms with Crippen molar-refractivity contribution in [3.8, 4) is 11.6 Å². The number of hydrogen-bond donors (Lipinski definition) is 1. The lowest BCUT2D eigenvalue weighted by atomic mass is 10.0. The minimum atomic E-state index is -0.283. The van der Waals surface area contributed by atoms with Crippen LogP contribution in [-0.2, 0) is 4.79 Å². The van der Waals surface area contributed by atoms with Crippen LogP contribution >= 0.6 is 0 Å². The molecule has 7 nitrogen and oxygen atoms in total. The molecule has 0 bridgehead atoms. The number of likely N-dealkylation sites (tertiary alicyclic amines) is 1. The van der Waals surface area contributed by atoms with Crippen LogP contribution in [0.15, 0.2) is 24.4 Å². The maximum absolute atomic E-state index is 11.5. The van der Waals surface area contributed by atoms with Crippen LogP contribution in [0.3, 0.4) is 0 Å². The molecular formula is C17H21N4O3. The zero-order chi connectivity index (χ0) is 16.9. The maximum Gasteiger partial charge on any atom is 0.234 e. The number of ether oxygens (including phenoxy) is 2. The summed E-state index contributed by atoms with van der Waals surface area (Å²) in [5.41, 5.74) is 6.96. The zero-order valence-electron chi connectivity index (χ0n) is 13.6. The van der Waals surface area contributed by atoms with Crippen LogP contribution in [0.4, 0.5) is 0 Å². The second-order valence-electron chi connectivity index (χ2n) is 5.68. The first kappa shape index (κ1) is 16.4. The van der Waals surface area contributed by atoms with E-state index in [2.05, 4.69) is 21.3 Å². The standard InChI is InChI=1S/C17H21N4O3/c1-23-16-6-5-13-14(20-16)10-12(11-19-13)24-9-8-21-7-3-2-4-15(21)17(18)22/h2,5-6,10-11,15H,3-4,7-9H2,1H3,(H2,18,22). The fraction of sp³-hybridized carbons (Fsp3) is 0.412. The monoisotopic (exact) mass is 329 g/mol. The highest BCUT2D eigenvalue weighted by Crippen LogP contribution is 2.20. The van der Waals surface area contributed by atoms with Gasteiger partial charge in [-0.25, -0.2) is 4.98 Å². The molecule has 1 atom stereocenters. The van der Waals surface area contributed by atoms with Crippen LogP contribution in [0.25, 0.3) is 11.0 Å². The Kier molecular flexibility index (Phi) is 5.10. The quantitative estimate of drug-likeness (QED) is 0.855. The van der Waals surface area contributed by atoms with Gasteiger partial charge in [-0.15, -0.1) is 0 Å². The van der Waals surface area contributed by atoms with Crippen molar-refractivity contribution >= 4 is 16.9 Å². The van der Waals surface area contributed by atoms with E-state index in [4.69, 9.17) is 15.2 Å². The van der Waals surface area contributed by atoms with Crippen molar-refractivity contribution in [3.05, 3.63) is 30.8 Å². The van der Waals surface area contributed by atoms with Crippen LogP contribution in [0, 0.1) is 6.42 Å². The van der Waals surface area contributed by atoms with Gasteiger partial charge in [-0.05, 0) is 31.9 Å². The molecule has 1 radical (unpaired) electrons. The van der Waals surface area contributed by atoms with E-state index >= 15 is 0 Å². The summed E-state index contributed by atoms with van der Waals surface area (Å²) < 4.78 is 10.9. The van der Waals surface area contributed by atoms with Gasteiger partial charge in [0.1, 0.15) is 12.4 Å². The molecule has 3 rings (SSSR count). The minimum Gasteiger partial charge on any atom is -0.491 e. The van der Waals surface area contributed by atoms with Gasteiger partial charge in [0.05, 0.1) is 30.4 Å². The van der Waals surface area contributed by atoms with Gasteiger partial charge in [-0.1, -0.05) is 0 Å². The number of primary amides is 1. The molecule has 127 valence electrons. The molecule has 1 aliphatic heterocycles. The summed E-state index contributed by atoms with van der Waals surface area (Å²) in [5.74, 6) is 0.896. The summed E-state index contributed by atoms with van der Waals surface area (Å²) in [4.78, 5) is 22.2. The molecule has 1 fully saturated rings. The molecule has 1 unspecified atom stereocenters. The number of amides is 1. The Hall–Kier alpha value is -2.41. The number of nitrogens with two attached hydrogens (primary N) is 1. The number of rotatable bonds is 6. The third-order valence-corrected chi connectivity index (χ3v) is 4.12. The van der Waals surface area contributed by atoms with Crippen LogP contribution in [0.2, 0.25) is 0 Å². The number of methoxy groups -OCH3 is 1. The van der Waals surface area contributed by atoms with Gasteiger partial charge < -0.3 is 15.2 Å². The third-order valence-electron chi connectivity index (χ3n) is 4.12. The number of piperidine rings is 1. The number of pyridine rings is 2. The number of carbonyl (C=O) groups is 1. The fourth-order valence-corrected chi connectivity index (χ4v) is 2.84. The highest BCUT2D eigenvalue weighted by Gasteiger charge is 2.26. The van der Waals surface area contributed by atoms with Gasteiger partial charge >= 0.3 is 0 Å². The van der Waals surface area contributed by atoms with Crippen molar-refractivity contribution in [2.45, 2.75) is 18.9 Å². The normalized spacial score (nSPS) is 18.5. The minimum absolute atomic E-state index is 0.233. The lowest BCUT2D eigenvalue weighted by Crippen LogP contribution is -2.49. The number of aromatic nitrogens is 2. The molecule has 3 heterocycles. The lowest BCUT2D eigenvalue weighted by Gasteiger charge is -2.33. The second kappa shape index (κ2) is 7.44. The molecule has 1 aliphatic rings. The Labute approximate surface area is 140 Å². The summed E-state index contributed by atoms with van der Waals surface area (Å²) in [5, 5.41) is 0. The number of hydrogen-bond acceptors (Lipinski definition) is 6. The predicted octanol–water partition coefficient (Wildman–Crippen LogP) is 1.17. The first-order valence-corrected chi connectivity index (χ1v) is 7.96. The van der Waals surface area contributed by atoms with Gasteiger partial charge in [0.15, 0.2) is 0 Å². The molecular weight excluding hydrogens is 308 g/mol. The van der Waals surface area contributed by atoms with E-state index in [9.17, 15) is 4.79 Å². The highest BCUT2D eigenvalue weighted by atomic mass is 16.5. The molecule has 2 aromatic heterocycles. The SMILES string of the molecule is COc1ccc2ncc(OCCN3CC[CH]CC3C(N)=O)cc2n1. The summed E-state index contributed by atoms with van der Waals surface area (Å²) in [6, 6.07) is 5.23. The number of fused-ring (bicyclic) bond motifs is 1. The molecule has 0 spiro atoms. The maximum atomic E-state index is 11.5. The predicted molar refractivity (Wildman–Crippen MR) is 89.7 cm³/mol. The van der Waals surface area contributed by atoms with Crippen LogP contribution in [0.1, 0.15) is 12.8 Å². The Bertz CT molecular complexity index is 722. The van der Waals surface area contributed by atoms with E-state index in [-0.39, 0.29) is 11.9 Å². The zero-order valence-corrected chi connectivity index (χ0v) is 13.6. The average molecular weight is 329 g/mol. The topological polar surface area (TPSA) is 90.6 Å². The van der Waals surface area contributed by atoms with E-state index in [1.165, 1.54) is 0 Å². The van der Waals surface area contributed by atoms with Gasteiger partial charge in [0, 0.05) is 18.7 Å². The highest BCUT2D eigenvalue weighted by molar-refractivity contribution is 5.80. The van der Waals surface area contributed by atoms with E-state index in [1.807, 2.05) is 12.1 Å². The fourth-order valence-electron chi connectivity index (χ4n) is 2.84. The molecule has 2 aromatic rings. The first-order chi connectivity index (χ1) is 11.7. The van der Waals surface area contributed by atoms with Crippen molar-refractivity contribution in [2.24, 2.45) is 5.73 Å². The van der Waals surface area contributed by atoms with Crippen molar-refractivity contribution in [1.82, 2.24) is 14.9 Å².